The molecule has 1 aromatic carbocycles. The molecule has 0 bridgehead atoms. The molecule has 0 aliphatic heterocycles. The van der Waals surface area contributed by atoms with Gasteiger partial charge in [-0.05, 0) is 64.3 Å². The molecule has 1 saturated carbocycles. The lowest BCUT2D eigenvalue weighted by Gasteiger charge is -2.37. The number of ether oxygens (including phenoxy) is 2. The summed E-state index contributed by atoms with van der Waals surface area (Å²) in [5.41, 5.74) is 0.627. The molecule has 0 heterocycles. The Morgan fingerprint density at radius 1 is 1.17 bits per heavy atom. The third-order valence-corrected chi connectivity index (χ3v) is 3.56. The van der Waals surface area contributed by atoms with Crippen molar-refractivity contribution in [3.8, 4) is 5.75 Å². The van der Waals surface area contributed by atoms with Gasteiger partial charge in [-0.3, -0.25) is 0 Å². The molecular formula is C18H28N2O3. The minimum absolute atomic E-state index is 0.189. The number of amides is 1. The summed E-state index contributed by atoms with van der Waals surface area (Å²) < 4.78 is 10.8. The lowest BCUT2D eigenvalue weighted by molar-refractivity contribution is 0.0475. The molecule has 1 aromatic rings. The zero-order valence-electron chi connectivity index (χ0n) is 14.5. The highest BCUT2D eigenvalue weighted by molar-refractivity contribution is 5.68. The van der Waals surface area contributed by atoms with E-state index in [9.17, 15) is 4.79 Å². The van der Waals surface area contributed by atoms with Crippen LogP contribution in [0.2, 0.25) is 0 Å². The molecular weight excluding hydrogens is 292 g/mol. The zero-order chi connectivity index (χ0) is 16.9. The second-order valence-corrected chi connectivity index (χ2v) is 7.03. The van der Waals surface area contributed by atoms with Gasteiger partial charge in [0, 0.05) is 17.8 Å². The van der Waals surface area contributed by atoms with Crippen molar-refractivity contribution in [1.29, 1.82) is 0 Å². The Morgan fingerprint density at radius 3 is 2.39 bits per heavy atom. The predicted molar refractivity (Wildman–Crippen MR) is 92.0 cm³/mol. The fourth-order valence-electron chi connectivity index (χ4n) is 2.43. The Balaban J connectivity index is 1.68. The Hall–Kier alpha value is -1.91. The number of hydrogen-bond donors (Lipinski definition) is 2. The number of carbonyl (C=O) groups is 1. The topological polar surface area (TPSA) is 59.6 Å². The van der Waals surface area contributed by atoms with Gasteiger partial charge in [-0.1, -0.05) is 6.92 Å². The molecule has 128 valence electrons. The normalized spacial score (nSPS) is 20.3. The molecule has 1 fully saturated rings. The van der Waals surface area contributed by atoms with E-state index in [1.54, 1.807) is 0 Å². The van der Waals surface area contributed by atoms with Crippen LogP contribution >= 0.6 is 0 Å². The maximum Gasteiger partial charge on any atom is 0.407 e. The number of carbonyl (C=O) groups excluding carboxylic acids is 1. The van der Waals surface area contributed by atoms with Crippen molar-refractivity contribution in [3.63, 3.8) is 0 Å². The third-order valence-electron chi connectivity index (χ3n) is 3.56. The first kappa shape index (κ1) is 17.4. The number of nitrogens with one attached hydrogen (secondary N) is 2. The van der Waals surface area contributed by atoms with Crippen LogP contribution in [-0.2, 0) is 4.74 Å². The van der Waals surface area contributed by atoms with Crippen molar-refractivity contribution in [2.75, 3.05) is 11.9 Å². The predicted octanol–water partition coefficient (Wildman–Crippen LogP) is 3.94. The Morgan fingerprint density at radius 2 is 1.83 bits per heavy atom. The summed E-state index contributed by atoms with van der Waals surface area (Å²) >= 11 is 0. The van der Waals surface area contributed by atoms with E-state index in [1.165, 1.54) is 0 Å². The van der Waals surface area contributed by atoms with Gasteiger partial charge in [0.1, 0.15) is 11.4 Å². The summed E-state index contributed by atoms with van der Waals surface area (Å²) in [6.45, 7) is 8.43. The molecule has 0 atom stereocenters. The van der Waals surface area contributed by atoms with Crippen LogP contribution in [0.15, 0.2) is 24.3 Å². The zero-order valence-corrected chi connectivity index (χ0v) is 14.5. The second kappa shape index (κ2) is 7.57. The molecule has 0 spiro atoms. The van der Waals surface area contributed by atoms with Crippen molar-refractivity contribution in [2.24, 2.45) is 0 Å². The van der Waals surface area contributed by atoms with Crippen LogP contribution in [0, 0.1) is 0 Å². The molecule has 23 heavy (non-hydrogen) atoms. The molecule has 0 aromatic heterocycles. The molecule has 0 saturated heterocycles. The molecule has 0 radical (unpaired) electrons. The lowest BCUT2D eigenvalue weighted by Crippen LogP contribution is -2.50. The molecule has 1 aliphatic rings. The van der Waals surface area contributed by atoms with Gasteiger partial charge in [0.25, 0.3) is 0 Å². The minimum atomic E-state index is -0.451. The van der Waals surface area contributed by atoms with E-state index in [0.29, 0.717) is 6.04 Å². The fourth-order valence-corrected chi connectivity index (χ4v) is 2.43. The van der Waals surface area contributed by atoms with E-state index in [2.05, 4.69) is 17.6 Å². The van der Waals surface area contributed by atoms with Gasteiger partial charge >= 0.3 is 6.09 Å². The Bertz CT molecular complexity index is 502. The average molecular weight is 320 g/mol. The summed E-state index contributed by atoms with van der Waals surface area (Å²) in [6, 6.07) is 8.59. The van der Waals surface area contributed by atoms with Crippen molar-refractivity contribution >= 4 is 11.8 Å². The van der Waals surface area contributed by atoms with Crippen LogP contribution in [0.25, 0.3) is 0 Å². The van der Waals surface area contributed by atoms with Crippen molar-refractivity contribution in [1.82, 2.24) is 5.32 Å². The fraction of sp³-hybridized carbons (Fsp3) is 0.611. The van der Waals surface area contributed by atoms with Gasteiger partial charge < -0.3 is 20.1 Å². The maximum absolute atomic E-state index is 11.7. The van der Waals surface area contributed by atoms with Crippen LogP contribution in [-0.4, -0.2) is 30.4 Å². The number of anilines is 1. The summed E-state index contributed by atoms with van der Waals surface area (Å²) in [5, 5.41) is 6.37. The lowest BCUT2D eigenvalue weighted by atomic mass is 9.86. The summed E-state index contributed by atoms with van der Waals surface area (Å²) in [6.07, 6.45) is 2.49. The average Bonchev–Trinajstić information content (AvgIpc) is 2.42. The van der Waals surface area contributed by atoms with Crippen molar-refractivity contribution in [3.05, 3.63) is 24.3 Å². The van der Waals surface area contributed by atoms with Crippen LogP contribution in [0.4, 0.5) is 10.5 Å². The van der Waals surface area contributed by atoms with Gasteiger partial charge in [-0.2, -0.15) is 0 Å². The van der Waals surface area contributed by atoms with Crippen molar-refractivity contribution in [2.45, 2.75) is 64.6 Å². The quantitative estimate of drug-likeness (QED) is 0.833. The highest BCUT2D eigenvalue weighted by Crippen LogP contribution is 2.25. The van der Waals surface area contributed by atoms with Gasteiger partial charge in [-0.25, -0.2) is 4.79 Å². The maximum atomic E-state index is 11.7. The summed E-state index contributed by atoms with van der Waals surface area (Å²) in [5.74, 6) is 0.899. The monoisotopic (exact) mass is 320 g/mol. The third kappa shape index (κ3) is 6.00. The molecule has 1 aliphatic carbocycles. The van der Waals surface area contributed by atoms with Crippen LogP contribution in [0.3, 0.4) is 0 Å². The first-order valence-electron chi connectivity index (χ1n) is 8.34. The standard InChI is InChI=1S/C18H28N2O3/c1-5-10-22-16-8-6-13(7-9-16)19-14-11-15(12-14)20-17(21)23-18(2,3)4/h6-9,14-15,19H,5,10-12H2,1-4H3,(H,20,21). The minimum Gasteiger partial charge on any atom is -0.494 e. The van der Waals surface area contributed by atoms with Crippen molar-refractivity contribution < 1.29 is 14.3 Å². The Labute approximate surface area is 138 Å². The Kier molecular flexibility index (Phi) is 5.74. The van der Waals surface area contributed by atoms with Crippen LogP contribution < -0.4 is 15.4 Å². The number of rotatable bonds is 6. The van der Waals surface area contributed by atoms with E-state index in [1.807, 2.05) is 45.0 Å². The summed E-state index contributed by atoms with van der Waals surface area (Å²) in [4.78, 5) is 11.7. The van der Waals surface area contributed by atoms with E-state index < -0.39 is 5.60 Å². The van der Waals surface area contributed by atoms with Gasteiger partial charge in [0.05, 0.1) is 6.61 Å². The van der Waals surface area contributed by atoms with Crippen LogP contribution in [0.1, 0.15) is 47.0 Å². The van der Waals surface area contributed by atoms with E-state index >= 15 is 0 Å². The van der Waals surface area contributed by atoms with Crippen LogP contribution in [0.5, 0.6) is 5.75 Å². The number of hydrogen-bond acceptors (Lipinski definition) is 4. The highest BCUT2D eigenvalue weighted by atomic mass is 16.6. The molecule has 0 unspecified atom stereocenters. The molecule has 1 amide bonds. The van der Waals surface area contributed by atoms with E-state index in [4.69, 9.17) is 9.47 Å². The largest absolute Gasteiger partial charge is 0.494 e. The second-order valence-electron chi connectivity index (χ2n) is 7.03. The first-order chi connectivity index (χ1) is 10.9. The van der Waals surface area contributed by atoms with Gasteiger partial charge in [0.15, 0.2) is 0 Å². The highest BCUT2D eigenvalue weighted by Gasteiger charge is 2.31. The SMILES string of the molecule is CCCOc1ccc(NC2CC(NC(=O)OC(C)(C)C)C2)cc1. The van der Waals surface area contributed by atoms with E-state index in [0.717, 1.165) is 37.3 Å². The number of benzene rings is 1. The number of alkyl carbamates (subject to hydrolysis) is 1. The van der Waals surface area contributed by atoms with Gasteiger partial charge in [-0.15, -0.1) is 0 Å². The molecule has 2 rings (SSSR count). The molecule has 5 nitrogen and oxygen atoms in total. The van der Waals surface area contributed by atoms with Gasteiger partial charge in [0.2, 0.25) is 0 Å². The molecule has 5 heteroatoms. The summed E-state index contributed by atoms with van der Waals surface area (Å²) in [7, 11) is 0. The molecule has 2 N–H and O–H groups in total. The first-order valence-corrected chi connectivity index (χ1v) is 8.34. The van der Waals surface area contributed by atoms with E-state index in [-0.39, 0.29) is 12.1 Å². The smallest absolute Gasteiger partial charge is 0.407 e.